The SMILES string of the molecule is COP(C)(=O)OCC(=O)CCCCCCOC1CCCCO1. The third-order valence-electron chi connectivity index (χ3n) is 3.58. The van der Waals surface area contributed by atoms with Gasteiger partial charge >= 0.3 is 7.60 Å². The summed E-state index contributed by atoms with van der Waals surface area (Å²) in [5.74, 6) is -0.0361. The van der Waals surface area contributed by atoms with Gasteiger partial charge in [0.25, 0.3) is 0 Å². The molecular formula is C15H29O6P. The molecule has 1 heterocycles. The Morgan fingerprint density at radius 3 is 2.68 bits per heavy atom. The maximum absolute atomic E-state index is 11.6. The summed E-state index contributed by atoms with van der Waals surface area (Å²) >= 11 is 0. The lowest BCUT2D eigenvalue weighted by Crippen LogP contribution is -2.22. The summed E-state index contributed by atoms with van der Waals surface area (Å²) < 4.78 is 32.2. The Labute approximate surface area is 133 Å². The van der Waals surface area contributed by atoms with Crippen LogP contribution in [0.1, 0.15) is 51.4 Å². The van der Waals surface area contributed by atoms with E-state index in [-0.39, 0.29) is 18.7 Å². The third kappa shape index (κ3) is 9.70. The Bertz CT molecular complexity index is 354. The van der Waals surface area contributed by atoms with Gasteiger partial charge in [0.1, 0.15) is 6.61 Å². The molecule has 130 valence electrons. The van der Waals surface area contributed by atoms with Gasteiger partial charge in [-0.15, -0.1) is 0 Å². The zero-order valence-corrected chi connectivity index (χ0v) is 14.6. The highest BCUT2D eigenvalue weighted by molar-refractivity contribution is 7.52. The molecule has 0 amide bonds. The first-order valence-corrected chi connectivity index (χ1v) is 10.0. The summed E-state index contributed by atoms with van der Waals surface area (Å²) in [6.07, 6.45) is 7.57. The van der Waals surface area contributed by atoms with Gasteiger partial charge in [-0.2, -0.15) is 0 Å². The monoisotopic (exact) mass is 336 g/mol. The molecule has 6 nitrogen and oxygen atoms in total. The molecule has 1 fully saturated rings. The predicted molar refractivity (Wildman–Crippen MR) is 84.1 cm³/mol. The fourth-order valence-corrected chi connectivity index (χ4v) is 2.63. The van der Waals surface area contributed by atoms with E-state index in [1.54, 1.807) is 0 Å². The van der Waals surface area contributed by atoms with Gasteiger partial charge in [0, 0.05) is 33.4 Å². The van der Waals surface area contributed by atoms with Crippen LogP contribution in [-0.2, 0) is 27.9 Å². The van der Waals surface area contributed by atoms with E-state index in [9.17, 15) is 9.36 Å². The Kier molecular flexibility index (Phi) is 10.2. The molecule has 0 aromatic rings. The average Bonchev–Trinajstić information content (AvgIpc) is 2.53. The van der Waals surface area contributed by atoms with Crippen LogP contribution < -0.4 is 0 Å². The number of ether oxygens (including phenoxy) is 2. The van der Waals surface area contributed by atoms with Crippen molar-refractivity contribution >= 4 is 13.4 Å². The normalized spacial score (nSPS) is 21.5. The van der Waals surface area contributed by atoms with Crippen molar-refractivity contribution in [2.24, 2.45) is 0 Å². The highest BCUT2D eigenvalue weighted by atomic mass is 31.2. The zero-order chi connectivity index (χ0) is 16.3. The maximum atomic E-state index is 11.6. The molecule has 0 aromatic carbocycles. The first kappa shape index (κ1) is 19.8. The van der Waals surface area contributed by atoms with Crippen molar-refractivity contribution in [2.75, 3.05) is 33.6 Å². The molecule has 0 saturated carbocycles. The van der Waals surface area contributed by atoms with E-state index < -0.39 is 7.60 Å². The number of carbonyl (C=O) groups excluding carboxylic acids is 1. The Morgan fingerprint density at radius 2 is 2.00 bits per heavy atom. The lowest BCUT2D eigenvalue weighted by molar-refractivity contribution is -0.162. The lowest BCUT2D eigenvalue weighted by atomic mass is 10.1. The van der Waals surface area contributed by atoms with Gasteiger partial charge in [0.15, 0.2) is 12.1 Å². The molecule has 1 aliphatic rings. The minimum absolute atomic E-state index is 0.0157. The zero-order valence-electron chi connectivity index (χ0n) is 13.8. The minimum Gasteiger partial charge on any atom is -0.353 e. The van der Waals surface area contributed by atoms with Gasteiger partial charge in [-0.1, -0.05) is 12.8 Å². The highest BCUT2D eigenvalue weighted by Gasteiger charge is 2.16. The van der Waals surface area contributed by atoms with Gasteiger partial charge in [-0.05, 0) is 32.1 Å². The van der Waals surface area contributed by atoms with Crippen molar-refractivity contribution in [3.05, 3.63) is 0 Å². The van der Waals surface area contributed by atoms with Crippen LogP contribution in [0.5, 0.6) is 0 Å². The van der Waals surface area contributed by atoms with Gasteiger partial charge in [-0.25, -0.2) is 0 Å². The van der Waals surface area contributed by atoms with E-state index in [1.165, 1.54) is 20.2 Å². The molecule has 0 N–H and O–H groups in total. The van der Waals surface area contributed by atoms with Crippen molar-refractivity contribution in [1.29, 1.82) is 0 Å². The van der Waals surface area contributed by atoms with Gasteiger partial charge in [0.05, 0.1) is 0 Å². The molecule has 0 spiro atoms. The number of carbonyl (C=O) groups is 1. The second-order valence-corrected chi connectivity index (χ2v) is 7.76. The fourth-order valence-electron chi connectivity index (χ4n) is 2.15. The minimum atomic E-state index is -3.04. The van der Waals surface area contributed by atoms with Crippen molar-refractivity contribution in [3.8, 4) is 0 Å². The molecule has 2 atom stereocenters. The number of rotatable bonds is 12. The van der Waals surface area contributed by atoms with Crippen molar-refractivity contribution in [2.45, 2.75) is 57.7 Å². The van der Waals surface area contributed by atoms with Crippen LogP contribution in [0.15, 0.2) is 0 Å². The Hall–Kier alpha value is -0.260. The standard InChI is InChI=1S/C15H29O6P/c1-18-22(2,17)21-13-14(16)9-5-3-4-7-11-19-15-10-6-8-12-20-15/h15H,3-13H2,1-2H3. The van der Waals surface area contributed by atoms with Crippen molar-refractivity contribution in [3.63, 3.8) is 0 Å². The van der Waals surface area contributed by atoms with Crippen molar-refractivity contribution < 1.29 is 27.9 Å². The molecule has 22 heavy (non-hydrogen) atoms. The summed E-state index contributed by atoms with van der Waals surface area (Å²) in [6.45, 7) is 2.75. The molecule has 1 aliphatic heterocycles. The van der Waals surface area contributed by atoms with Gasteiger partial charge in [-0.3, -0.25) is 9.36 Å². The first-order valence-electron chi connectivity index (χ1n) is 8.06. The summed E-state index contributed by atoms with van der Waals surface area (Å²) in [5, 5.41) is 0. The number of hydrogen-bond donors (Lipinski definition) is 0. The van der Waals surface area contributed by atoms with Crippen LogP contribution in [0, 0.1) is 0 Å². The number of unbranched alkanes of at least 4 members (excludes halogenated alkanes) is 3. The van der Waals surface area contributed by atoms with E-state index in [0.29, 0.717) is 13.0 Å². The Morgan fingerprint density at radius 1 is 1.23 bits per heavy atom. The van der Waals surface area contributed by atoms with Gasteiger partial charge < -0.3 is 18.5 Å². The summed E-state index contributed by atoms with van der Waals surface area (Å²) in [4.78, 5) is 11.6. The van der Waals surface area contributed by atoms with E-state index >= 15 is 0 Å². The number of Topliss-reactive ketones (excluding diaryl/α,β-unsaturated/α-hetero) is 1. The van der Waals surface area contributed by atoms with E-state index in [2.05, 4.69) is 4.52 Å². The molecule has 0 aromatic heterocycles. The van der Waals surface area contributed by atoms with Crippen LogP contribution in [0.4, 0.5) is 0 Å². The smallest absolute Gasteiger partial charge is 0.327 e. The third-order valence-corrected chi connectivity index (χ3v) is 4.84. The quantitative estimate of drug-likeness (QED) is 0.401. The molecule has 1 rings (SSSR count). The molecular weight excluding hydrogens is 307 g/mol. The lowest BCUT2D eigenvalue weighted by Gasteiger charge is -2.22. The van der Waals surface area contributed by atoms with Crippen LogP contribution in [0.25, 0.3) is 0 Å². The second-order valence-electron chi connectivity index (χ2n) is 5.60. The van der Waals surface area contributed by atoms with Gasteiger partial charge in [0.2, 0.25) is 0 Å². The maximum Gasteiger partial charge on any atom is 0.327 e. The van der Waals surface area contributed by atoms with Crippen LogP contribution in [-0.4, -0.2) is 45.7 Å². The van der Waals surface area contributed by atoms with Crippen molar-refractivity contribution in [1.82, 2.24) is 0 Å². The largest absolute Gasteiger partial charge is 0.353 e. The topological polar surface area (TPSA) is 71.1 Å². The fraction of sp³-hybridized carbons (Fsp3) is 0.933. The van der Waals surface area contributed by atoms with Crippen LogP contribution in [0.3, 0.4) is 0 Å². The number of ketones is 1. The molecule has 0 aliphatic carbocycles. The van der Waals surface area contributed by atoms with E-state index in [4.69, 9.17) is 14.0 Å². The number of hydrogen-bond acceptors (Lipinski definition) is 6. The average molecular weight is 336 g/mol. The first-order chi connectivity index (χ1) is 10.5. The van der Waals surface area contributed by atoms with E-state index in [1.807, 2.05) is 0 Å². The molecule has 2 unspecified atom stereocenters. The van der Waals surface area contributed by atoms with Crippen LogP contribution in [0.2, 0.25) is 0 Å². The predicted octanol–water partition coefficient (Wildman–Crippen LogP) is 3.54. The molecule has 0 bridgehead atoms. The highest BCUT2D eigenvalue weighted by Crippen LogP contribution is 2.42. The van der Waals surface area contributed by atoms with Crippen LogP contribution >= 0.6 is 7.60 Å². The summed E-state index contributed by atoms with van der Waals surface area (Å²) in [5.41, 5.74) is 0. The molecule has 7 heteroatoms. The molecule has 0 radical (unpaired) electrons. The Balaban J connectivity index is 1.90. The summed E-state index contributed by atoms with van der Waals surface area (Å²) in [7, 11) is -1.73. The van der Waals surface area contributed by atoms with E-state index in [0.717, 1.165) is 45.1 Å². The second kappa shape index (κ2) is 11.3. The molecule has 1 saturated heterocycles. The summed E-state index contributed by atoms with van der Waals surface area (Å²) in [6, 6.07) is 0.